The first kappa shape index (κ1) is 9.52. The van der Waals surface area contributed by atoms with Gasteiger partial charge in [-0.25, -0.2) is 0 Å². The highest BCUT2D eigenvalue weighted by molar-refractivity contribution is 6.05. The predicted molar refractivity (Wildman–Crippen MR) is 52.3 cm³/mol. The SMILES string of the molecule is C=CC(=O)c1cc(OC)ccc1C. The van der Waals surface area contributed by atoms with Crippen molar-refractivity contribution in [2.75, 3.05) is 7.11 Å². The standard InChI is InChI=1S/C11H12O2/c1-4-11(12)10-7-9(13-3)6-5-8(10)2/h4-7H,1H2,2-3H3. The molecular formula is C11H12O2. The number of rotatable bonds is 3. The number of carbonyl (C=O) groups excluding carboxylic acids is 1. The van der Waals surface area contributed by atoms with Gasteiger partial charge in [0.15, 0.2) is 5.78 Å². The minimum absolute atomic E-state index is 0.0728. The fraction of sp³-hybridized carbons (Fsp3) is 0.182. The van der Waals surface area contributed by atoms with Gasteiger partial charge in [0.1, 0.15) is 5.75 Å². The third kappa shape index (κ3) is 1.96. The number of ketones is 1. The Balaban J connectivity index is 3.18. The van der Waals surface area contributed by atoms with Crippen molar-refractivity contribution in [3.05, 3.63) is 42.0 Å². The molecule has 0 radical (unpaired) electrons. The predicted octanol–water partition coefficient (Wildman–Crippen LogP) is 2.37. The molecule has 0 aromatic heterocycles. The van der Waals surface area contributed by atoms with Crippen LogP contribution >= 0.6 is 0 Å². The van der Waals surface area contributed by atoms with Crippen LogP contribution in [0.3, 0.4) is 0 Å². The molecule has 0 heterocycles. The zero-order valence-corrected chi connectivity index (χ0v) is 7.83. The topological polar surface area (TPSA) is 26.3 Å². The lowest BCUT2D eigenvalue weighted by atomic mass is 10.0. The summed E-state index contributed by atoms with van der Waals surface area (Å²) in [5.41, 5.74) is 1.58. The maximum absolute atomic E-state index is 11.3. The fourth-order valence-electron chi connectivity index (χ4n) is 1.10. The Bertz CT molecular complexity index is 340. The Morgan fingerprint density at radius 1 is 1.54 bits per heavy atom. The van der Waals surface area contributed by atoms with Gasteiger partial charge in [-0.2, -0.15) is 0 Å². The van der Waals surface area contributed by atoms with Gasteiger partial charge in [0, 0.05) is 5.56 Å². The van der Waals surface area contributed by atoms with E-state index in [-0.39, 0.29) is 5.78 Å². The van der Waals surface area contributed by atoms with Crippen molar-refractivity contribution in [1.29, 1.82) is 0 Å². The molecule has 0 saturated carbocycles. The molecule has 2 nitrogen and oxygen atoms in total. The number of allylic oxidation sites excluding steroid dienone is 1. The Labute approximate surface area is 77.8 Å². The lowest BCUT2D eigenvalue weighted by molar-refractivity contribution is 0.104. The molecular weight excluding hydrogens is 164 g/mol. The van der Waals surface area contributed by atoms with Crippen LogP contribution in [-0.4, -0.2) is 12.9 Å². The summed E-state index contributed by atoms with van der Waals surface area (Å²) in [6.07, 6.45) is 1.31. The van der Waals surface area contributed by atoms with Gasteiger partial charge in [-0.3, -0.25) is 4.79 Å². The molecule has 0 amide bonds. The van der Waals surface area contributed by atoms with Gasteiger partial charge >= 0.3 is 0 Å². The lowest BCUT2D eigenvalue weighted by Crippen LogP contribution is -1.98. The average molecular weight is 176 g/mol. The van der Waals surface area contributed by atoms with E-state index in [1.165, 1.54) is 6.08 Å². The summed E-state index contributed by atoms with van der Waals surface area (Å²) < 4.78 is 5.02. The van der Waals surface area contributed by atoms with Crippen molar-refractivity contribution in [1.82, 2.24) is 0 Å². The van der Waals surface area contributed by atoms with Gasteiger partial charge in [-0.05, 0) is 30.7 Å². The van der Waals surface area contributed by atoms with Crippen LogP contribution in [0.15, 0.2) is 30.9 Å². The molecule has 1 aromatic carbocycles. The maximum Gasteiger partial charge on any atom is 0.185 e. The van der Waals surface area contributed by atoms with Crippen LogP contribution in [0.25, 0.3) is 0 Å². The van der Waals surface area contributed by atoms with Crippen molar-refractivity contribution in [2.45, 2.75) is 6.92 Å². The van der Waals surface area contributed by atoms with Gasteiger partial charge in [0.25, 0.3) is 0 Å². The van der Waals surface area contributed by atoms with Gasteiger partial charge in [-0.15, -0.1) is 0 Å². The Kier molecular flexibility index (Phi) is 2.85. The van der Waals surface area contributed by atoms with E-state index >= 15 is 0 Å². The van der Waals surface area contributed by atoms with Gasteiger partial charge in [0.05, 0.1) is 7.11 Å². The monoisotopic (exact) mass is 176 g/mol. The van der Waals surface area contributed by atoms with E-state index in [1.807, 2.05) is 19.1 Å². The third-order valence-corrected chi connectivity index (χ3v) is 1.90. The number of methoxy groups -OCH3 is 1. The quantitative estimate of drug-likeness (QED) is 0.522. The Morgan fingerprint density at radius 2 is 2.23 bits per heavy atom. The molecule has 1 rings (SSSR count). The van der Waals surface area contributed by atoms with Crippen molar-refractivity contribution in [3.63, 3.8) is 0 Å². The van der Waals surface area contributed by atoms with E-state index in [0.29, 0.717) is 11.3 Å². The largest absolute Gasteiger partial charge is 0.497 e. The number of hydrogen-bond donors (Lipinski definition) is 0. The van der Waals surface area contributed by atoms with Crippen molar-refractivity contribution >= 4 is 5.78 Å². The summed E-state index contributed by atoms with van der Waals surface area (Å²) in [6, 6.07) is 5.41. The highest BCUT2D eigenvalue weighted by Crippen LogP contribution is 2.17. The van der Waals surface area contributed by atoms with Crippen molar-refractivity contribution < 1.29 is 9.53 Å². The van der Waals surface area contributed by atoms with E-state index < -0.39 is 0 Å². The molecule has 0 unspecified atom stereocenters. The summed E-state index contributed by atoms with van der Waals surface area (Å²) in [6.45, 7) is 5.33. The maximum atomic E-state index is 11.3. The summed E-state index contributed by atoms with van der Waals surface area (Å²) in [5.74, 6) is 0.618. The van der Waals surface area contributed by atoms with Crippen LogP contribution < -0.4 is 4.74 Å². The van der Waals surface area contributed by atoms with Crippen LogP contribution in [0.2, 0.25) is 0 Å². The molecule has 0 aliphatic rings. The zero-order valence-electron chi connectivity index (χ0n) is 7.83. The molecule has 0 aliphatic carbocycles. The molecule has 0 fully saturated rings. The van der Waals surface area contributed by atoms with E-state index in [9.17, 15) is 4.79 Å². The minimum atomic E-state index is -0.0728. The van der Waals surface area contributed by atoms with Crippen molar-refractivity contribution in [2.24, 2.45) is 0 Å². The van der Waals surface area contributed by atoms with E-state index in [0.717, 1.165) is 5.56 Å². The van der Waals surface area contributed by atoms with E-state index in [2.05, 4.69) is 6.58 Å². The summed E-state index contributed by atoms with van der Waals surface area (Å²) in [7, 11) is 1.58. The number of aryl methyl sites for hydroxylation is 1. The number of ether oxygens (including phenoxy) is 1. The molecule has 0 bridgehead atoms. The second-order valence-corrected chi connectivity index (χ2v) is 2.75. The summed E-state index contributed by atoms with van der Waals surface area (Å²) in [4.78, 5) is 11.3. The normalized spacial score (nSPS) is 9.38. The highest BCUT2D eigenvalue weighted by atomic mass is 16.5. The smallest absolute Gasteiger partial charge is 0.185 e. The lowest BCUT2D eigenvalue weighted by Gasteiger charge is -2.04. The summed E-state index contributed by atoms with van der Waals surface area (Å²) in [5, 5.41) is 0. The number of benzene rings is 1. The fourth-order valence-corrected chi connectivity index (χ4v) is 1.10. The molecule has 0 N–H and O–H groups in total. The number of carbonyl (C=O) groups is 1. The first-order valence-electron chi connectivity index (χ1n) is 4.00. The molecule has 68 valence electrons. The molecule has 1 aromatic rings. The molecule has 2 heteroatoms. The van der Waals surface area contributed by atoms with Gasteiger partial charge < -0.3 is 4.74 Å². The molecule has 13 heavy (non-hydrogen) atoms. The number of hydrogen-bond acceptors (Lipinski definition) is 2. The third-order valence-electron chi connectivity index (χ3n) is 1.90. The minimum Gasteiger partial charge on any atom is -0.497 e. The van der Waals surface area contributed by atoms with Gasteiger partial charge in [-0.1, -0.05) is 12.6 Å². The second kappa shape index (κ2) is 3.90. The molecule has 0 saturated heterocycles. The van der Waals surface area contributed by atoms with Gasteiger partial charge in [0.2, 0.25) is 0 Å². The average Bonchev–Trinajstić information content (AvgIpc) is 2.17. The van der Waals surface area contributed by atoms with Crippen LogP contribution in [0, 0.1) is 6.92 Å². The zero-order chi connectivity index (χ0) is 9.84. The first-order chi connectivity index (χ1) is 6.19. The first-order valence-corrected chi connectivity index (χ1v) is 4.00. The van der Waals surface area contributed by atoms with Crippen LogP contribution in [-0.2, 0) is 0 Å². The van der Waals surface area contributed by atoms with E-state index in [4.69, 9.17) is 4.74 Å². The van der Waals surface area contributed by atoms with Crippen LogP contribution in [0.1, 0.15) is 15.9 Å². The molecule has 0 spiro atoms. The Hall–Kier alpha value is -1.57. The van der Waals surface area contributed by atoms with Crippen LogP contribution in [0.4, 0.5) is 0 Å². The summed E-state index contributed by atoms with van der Waals surface area (Å²) >= 11 is 0. The second-order valence-electron chi connectivity index (χ2n) is 2.75. The van der Waals surface area contributed by atoms with E-state index in [1.54, 1.807) is 13.2 Å². The highest BCUT2D eigenvalue weighted by Gasteiger charge is 2.05. The van der Waals surface area contributed by atoms with Crippen molar-refractivity contribution in [3.8, 4) is 5.75 Å². The molecule has 0 aliphatic heterocycles. The van der Waals surface area contributed by atoms with Crippen LogP contribution in [0.5, 0.6) is 5.75 Å². The molecule has 0 atom stereocenters. The Morgan fingerprint density at radius 3 is 2.77 bits per heavy atom.